The van der Waals surface area contributed by atoms with Gasteiger partial charge in [-0.05, 0) is 6.07 Å². The van der Waals surface area contributed by atoms with E-state index in [2.05, 4.69) is 11.1 Å². The van der Waals surface area contributed by atoms with E-state index in [-0.39, 0.29) is 12.5 Å². The minimum Gasteiger partial charge on any atom is -0.364 e. The number of likely N-dealkylation sites (N-methyl/N-ethyl adjacent to an activating group) is 2. The van der Waals surface area contributed by atoms with Gasteiger partial charge in [0.15, 0.2) is 0 Å². The first-order valence-electron chi connectivity index (χ1n) is 6.23. The number of anilines is 1. The number of para-hydroxylation sites is 1. The molecule has 102 valence electrons. The molecule has 1 aromatic heterocycles. The molecule has 5 heteroatoms. The Morgan fingerprint density at radius 3 is 2.65 bits per heavy atom. The summed E-state index contributed by atoms with van der Waals surface area (Å²) in [4.78, 5) is 19.4. The molecule has 0 saturated heterocycles. The lowest BCUT2D eigenvalue weighted by molar-refractivity contribution is -0.127. The van der Waals surface area contributed by atoms with Crippen LogP contribution in [0.5, 0.6) is 0 Å². The quantitative estimate of drug-likeness (QED) is 0.849. The van der Waals surface area contributed by atoms with Gasteiger partial charge in [-0.1, -0.05) is 18.2 Å². The molecular weight excluding hydrogens is 252 g/mol. The number of carbonyl (C=O) groups is 1. The number of amides is 1. The van der Waals surface area contributed by atoms with Crippen LogP contribution in [0.25, 0.3) is 10.9 Å². The molecule has 5 nitrogen and oxygen atoms in total. The Bertz CT molecular complexity index is 688. The maximum Gasteiger partial charge on any atom is 0.241 e. The van der Waals surface area contributed by atoms with Gasteiger partial charge in [-0.3, -0.25) is 9.78 Å². The van der Waals surface area contributed by atoms with Crippen LogP contribution in [-0.2, 0) is 4.79 Å². The smallest absolute Gasteiger partial charge is 0.241 e. The minimum absolute atomic E-state index is 0.0164. The lowest BCUT2D eigenvalue weighted by Crippen LogP contribution is -2.34. The van der Waals surface area contributed by atoms with Gasteiger partial charge in [0.25, 0.3) is 0 Å². The molecule has 0 N–H and O–H groups in total. The summed E-state index contributed by atoms with van der Waals surface area (Å²) < 4.78 is 0. The molecule has 2 aromatic rings. The molecule has 1 amide bonds. The number of pyridine rings is 1. The number of carbonyl (C=O) groups excluding carboxylic acids is 1. The molecule has 20 heavy (non-hydrogen) atoms. The Kier molecular flexibility index (Phi) is 3.85. The Labute approximate surface area is 118 Å². The number of rotatable bonds is 3. The molecule has 2 rings (SSSR count). The first kappa shape index (κ1) is 13.8. The SMILES string of the molecule is CN(C)C(=O)CN(C)c1c(C#N)cnc2ccccc12. The maximum atomic E-state index is 11.8. The average molecular weight is 268 g/mol. The van der Waals surface area contributed by atoms with E-state index in [1.807, 2.05) is 31.3 Å². The van der Waals surface area contributed by atoms with Gasteiger partial charge < -0.3 is 9.80 Å². The molecule has 1 heterocycles. The summed E-state index contributed by atoms with van der Waals surface area (Å²) in [5, 5.41) is 10.1. The Balaban J connectivity index is 2.51. The fraction of sp³-hybridized carbons (Fsp3) is 0.267. The Morgan fingerprint density at radius 2 is 2.00 bits per heavy atom. The zero-order chi connectivity index (χ0) is 14.7. The van der Waals surface area contributed by atoms with E-state index in [0.717, 1.165) is 16.6 Å². The molecule has 0 saturated carbocycles. The zero-order valence-corrected chi connectivity index (χ0v) is 11.8. The fourth-order valence-corrected chi connectivity index (χ4v) is 2.04. The van der Waals surface area contributed by atoms with Crippen molar-refractivity contribution in [3.8, 4) is 6.07 Å². The summed E-state index contributed by atoms with van der Waals surface area (Å²) in [6.07, 6.45) is 1.55. The lowest BCUT2D eigenvalue weighted by atomic mass is 10.1. The highest BCUT2D eigenvalue weighted by Gasteiger charge is 2.16. The molecule has 0 atom stereocenters. The van der Waals surface area contributed by atoms with Gasteiger partial charge in [0.2, 0.25) is 5.91 Å². The van der Waals surface area contributed by atoms with Crippen LogP contribution in [0.1, 0.15) is 5.56 Å². The van der Waals surface area contributed by atoms with E-state index in [0.29, 0.717) is 5.56 Å². The third kappa shape index (κ3) is 2.54. The van der Waals surface area contributed by atoms with Crippen molar-refractivity contribution in [3.63, 3.8) is 0 Å². The van der Waals surface area contributed by atoms with Gasteiger partial charge >= 0.3 is 0 Å². The van der Waals surface area contributed by atoms with Crippen LogP contribution < -0.4 is 4.90 Å². The fourth-order valence-electron chi connectivity index (χ4n) is 2.04. The maximum absolute atomic E-state index is 11.8. The van der Waals surface area contributed by atoms with Gasteiger partial charge in [-0.15, -0.1) is 0 Å². The summed E-state index contributed by atoms with van der Waals surface area (Å²) in [6.45, 7) is 0.218. The number of benzene rings is 1. The summed E-state index contributed by atoms with van der Waals surface area (Å²) in [6, 6.07) is 9.74. The second-order valence-electron chi connectivity index (χ2n) is 4.79. The molecule has 0 spiro atoms. The van der Waals surface area contributed by atoms with Crippen LogP contribution in [0.3, 0.4) is 0 Å². The van der Waals surface area contributed by atoms with Crippen LogP contribution in [-0.4, -0.2) is 43.5 Å². The molecule has 1 aromatic carbocycles. The Morgan fingerprint density at radius 1 is 1.30 bits per heavy atom. The first-order valence-corrected chi connectivity index (χ1v) is 6.23. The second-order valence-corrected chi connectivity index (χ2v) is 4.79. The van der Waals surface area contributed by atoms with Crippen molar-refractivity contribution in [3.05, 3.63) is 36.0 Å². The normalized spacial score (nSPS) is 10.1. The van der Waals surface area contributed by atoms with E-state index in [1.54, 1.807) is 25.2 Å². The molecular formula is C15H16N4O. The highest BCUT2D eigenvalue weighted by molar-refractivity contribution is 5.96. The monoisotopic (exact) mass is 268 g/mol. The van der Waals surface area contributed by atoms with Crippen molar-refractivity contribution in [2.45, 2.75) is 0 Å². The van der Waals surface area contributed by atoms with Gasteiger partial charge in [-0.25, -0.2) is 0 Å². The van der Waals surface area contributed by atoms with Crippen molar-refractivity contribution in [2.75, 3.05) is 32.6 Å². The topological polar surface area (TPSA) is 60.2 Å². The van der Waals surface area contributed by atoms with E-state index in [1.165, 1.54) is 4.90 Å². The van der Waals surface area contributed by atoms with Crippen LogP contribution in [0.15, 0.2) is 30.5 Å². The van der Waals surface area contributed by atoms with Crippen molar-refractivity contribution in [1.29, 1.82) is 5.26 Å². The number of hydrogen-bond donors (Lipinski definition) is 0. The number of hydrogen-bond acceptors (Lipinski definition) is 4. The first-order chi connectivity index (χ1) is 9.54. The van der Waals surface area contributed by atoms with Gasteiger partial charge in [-0.2, -0.15) is 5.26 Å². The van der Waals surface area contributed by atoms with E-state index < -0.39 is 0 Å². The van der Waals surface area contributed by atoms with Crippen LogP contribution in [0.2, 0.25) is 0 Å². The molecule has 0 fully saturated rings. The second kappa shape index (κ2) is 5.57. The predicted molar refractivity (Wildman–Crippen MR) is 78.4 cm³/mol. The van der Waals surface area contributed by atoms with Gasteiger partial charge in [0.05, 0.1) is 23.3 Å². The number of nitrogens with zero attached hydrogens (tertiary/aromatic N) is 4. The number of aromatic nitrogens is 1. The number of nitriles is 1. The molecule has 0 unspecified atom stereocenters. The van der Waals surface area contributed by atoms with Crippen molar-refractivity contribution in [1.82, 2.24) is 9.88 Å². The number of fused-ring (bicyclic) bond motifs is 1. The van der Waals surface area contributed by atoms with Crippen LogP contribution >= 0.6 is 0 Å². The highest BCUT2D eigenvalue weighted by Crippen LogP contribution is 2.28. The van der Waals surface area contributed by atoms with Crippen LogP contribution in [0, 0.1) is 11.3 Å². The van der Waals surface area contributed by atoms with Crippen molar-refractivity contribution >= 4 is 22.5 Å². The molecule has 0 aliphatic rings. The molecule has 0 aliphatic carbocycles. The van der Waals surface area contributed by atoms with Crippen molar-refractivity contribution in [2.24, 2.45) is 0 Å². The van der Waals surface area contributed by atoms with E-state index in [4.69, 9.17) is 0 Å². The van der Waals surface area contributed by atoms with E-state index in [9.17, 15) is 10.1 Å². The van der Waals surface area contributed by atoms with Crippen molar-refractivity contribution < 1.29 is 4.79 Å². The molecule has 0 radical (unpaired) electrons. The predicted octanol–water partition coefficient (Wildman–Crippen LogP) is 1.63. The standard InChI is InChI=1S/C15H16N4O/c1-18(2)14(20)10-19(3)15-11(8-16)9-17-13-7-5-4-6-12(13)15/h4-7,9H,10H2,1-3H3. The summed E-state index contributed by atoms with van der Waals surface area (Å²) in [5.41, 5.74) is 2.02. The molecule has 0 bridgehead atoms. The summed E-state index contributed by atoms with van der Waals surface area (Å²) >= 11 is 0. The molecule has 0 aliphatic heterocycles. The zero-order valence-electron chi connectivity index (χ0n) is 11.8. The van der Waals surface area contributed by atoms with Crippen LogP contribution in [0.4, 0.5) is 5.69 Å². The lowest BCUT2D eigenvalue weighted by Gasteiger charge is -2.23. The third-order valence-corrected chi connectivity index (χ3v) is 3.12. The van der Waals surface area contributed by atoms with Gasteiger partial charge in [0.1, 0.15) is 6.07 Å². The summed E-state index contributed by atoms with van der Waals surface area (Å²) in [7, 11) is 5.24. The summed E-state index contributed by atoms with van der Waals surface area (Å²) in [5.74, 6) is -0.0164. The van der Waals surface area contributed by atoms with Gasteiger partial charge in [0, 0.05) is 32.7 Å². The third-order valence-electron chi connectivity index (χ3n) is 3.12. The minimum atomic E-state index is -0.0164. The largest absolute Gasteiger partial charge is 0.364 e. The Hall–Kier alpha value is -2.61. The highest BCUT2D eigenvalue weighted by atomic mass is 16.2. The van der Waals surface area contributed by atoms with E-state index >= 15 is 0 Å². The average Bonchev–Trinajstić information content (AvgIpc) is 2.45.